The summed E-state index contributed by atoms with van der Waals surface area (Å²) in [6.45, 7) is 0.505. The highest BCUT2D eigenvalue weighted by atomic mass is 16.6. The van der Waals surface area contributed by atoms with Gasteiger partial charge in [0.25, 0.3) is 0 Å². The van der Waals surface area contributed by atoms with Gasteiger partial charge in [-0.2, -0.15) is 0 Å². The number of methoxy groups -OCH3 is 1. The largest absolute Gasteiger partial charge is 0.504 e. The Morgan fingerprint density at radius 2 is 1.89 bits per heavy atom. The van der Waals surface area contributed by atoms with Crippen LogP contribution in [0.4, 0.5) is 0 Å². The summed E-state index contributed by atoms with van der Waals surface area (Å²) in [5.41, 5.74) is 1.01. The predicted molar refractivity (Wildman–Crippen MR) is 96.4 cm³/mol. The van der Waals surface area contributed by atoms with Crippen LogP contribution in [0, 0.1) is 0 Å². The van der Waals surface area contributed by atoms with Crippen LogP contribution in [0.5, 0.6) is 23.0 Å². The number of phenolic OH excluding ortho intramolecular Hbond substituents is 1. The summed E-state index contributed by atoms with van der Waals surface area (Å²) in [6, 6.07) is 9.46. The van der Waals surface area contributed by atoms with Crippen LogP contribution in [-0.4, -0.2) is 43.8 Å². The second kappa shape index (κ2) is 8.27. The summed E-state index contributed by atoms with van der Waals surface area (Å²) in [4.78, 5) is 24.0. The van der Waals surface area contributed by atoms with Gasteiger partial charge in [0.15, 0.2) is 35.4 Å². The van der Waals surface area contributed by atoms with E-state index in [0.29, 0.717) is 41.6 Å². The van der Waals surface area contributed by atoms with E-state index < -0.39 is 5.97 Å². The highest BCUT2D eigenvalue weighted by Crippen LogP contribution is 2.31. The molecule has 1 aliphatic rings. The molecule has 140 valence electrons. The van der Waals surface area contributed by atoms with E-state index in [-0.39, 0.29) is 18.1 Å². The van der Waals surface area contributed by atoms with Crippen molar-refractivity contribution >= 4 is 17.8 Å². The minimum absolute atomic E-state index is 0.00209. The number of Topliss-reactive ketones (excluding diaryl/α,β-unsaturated/α-hetero) is 1. The van der Waals surface area contributed by atoms with E-state index in [1.165, 1.54) is 25.3 Å². The third-order valence-corrected chi connectivity index (χ3v) is 3.83. The van der Waals surface area contributed by atoms with Crippen molar-refractivity contribution in [1.29, 1.82) is 0 Å². The normalized spacial score (nSPS) is 12.6. The molecule has 0 fully saturated rings. The van der Waals surface area contributed by atoms with Gasteiger partial charge in [0.05, 0.1) is 7.11 Å². The van der Waals surface area contributed by atoms with E-state index in [1.54, 1.807) is 30.3 Å². The fourth-order valence-corrected chi connectivity index (χ4v) is 2.45. The lowest BCUT2D eigenvalue weighted by molar-refractivity contribution is -0.136. The van der Waals surface area contributed by atoms with Gasteiger partial charge in [-0.3, -0.25) is 4.79 Å². The maximum atomic E-state index is 12.2. The van der Waals surface area contributed by atoms with Crippen LogP contribution in [0.1, 0.15) is 15.9 Å². The number of hydrogen-bond donors (Lipinski definition) is 1. The maximum Gasteiger partial charge on any atom is 0.331 e. The third-order valence-electron chi connectivity index (χ3n) is 3.83. The zero-order chi connectivity index (χ0) is 19.2. The first kappa shape index (κ1) is 18.3. The van der Waals surface area contributed by atoms with Crippen molar-refractivity contribution in [3.05, 3.63) is 53.6 Å². The number of carbonyl (C=O) groups excluding carboxylic acids is 2. The molecule has 3 rings (SSSR count). The standard InChI is InChI=1S/C20H18O7/c1-24-18-10-13(2-5-15(18)21)3-7-20(23)27-12-16(22)14-4-6-17-19(11-14)26-9-8-25-17/h2-7,10-11,21H,8-9,12H2,1H3/b7-3+. The maximum absolute atomic E-state index is 12.2. The van der Waals surface area contributed by atoms with Crippen molar-refractivity contribution in [3.8, 4) is 23.0 Å². The van der Waals surface area contributed by atoms with E-state index in [4.69, 9.17) is 18.9 Å². The average Bonchev–Trinajstić information content (AvgIpc) is 2.71. The second-order valence-electron chi connectivity index (χ2n) is 5.65. The summed E-state index contributed by atoms with van der Waals surface area (Å²) >= 11 is 0. The number of ether oxygens (including phenoxy) is 4. The van der Waals surface area contributed by atoms with Gasteiger partial charge in [0, 0.05) is 11.6 Å². The van der Waals surface area contributed by atoms with Gasteiger partial charge in [-0.25, -0.2) is 4.79 Å². The number of fused-ring (bicyclic) bond motifs is 1. The molecule has 0 unspecified atom stereocenters. The van der Waals surface area contributed by atoms with Crippen LogP contribution in [-0.2, 0) is 9.53 Å². The number of rotatable bonds is 6. The Kier molecular flexibility index (Phi) is 5.61. The van der Waals surface area contributed by atoms with Crippen LogP contribution in [0.15, 0.2) is 42.5 Å². The number of phenols is 1. The Morgan fingerprint density at radius 3 is 2.67 bits per heavy atom. The van der Waals surface area contributed by atoms with Gasteiger partial charge in [0.1, 0.15) is 13.2 Å². The molecule has 0 amide bonds. The Labute approximate surface area is 155 Å². The summed E-state index contributed by atoms with van der Waals surface area (Å²) in [5, 5.41) is 9.54. The molecule has 0 aromatic heterocycles. The number of hydrogen-bond acceptors (Lipinski definition) is 7. The van der Waals surface area contributed by atoms with E-state index in [1.807, 2.05) is 0 Å². The smallest absolute Gasteiger partial charge is 0.331 e. The van der Waals surface area contributed by atoms with Gasteiger partial charge in [0.2, 0.25) is 0 Å². The fourth-order valence-electron chi connectivity index (χ4n) is 2.45. The Bertz CT molecular complexity index is 886. The first-order valence-electron chi connectivity index (χ1n) is 8.21. The summed E-state index contributed by atoms with van der Waals surface area (Å²) in [6.07, 6.45) is 2.70. The van der Waals surface area contributed by atoms with Gasteiger partial charge in [-0.05, 0) is 42.0 Å². The van der Waals surface area contributed by atoms with Gasteiger partial charge in [-0.15, -0.1) is 0 Å². The number of benzene rings is 2. The quantitative estimate of drug-likeness (QED) is 0.475. The lowest BCUT2D eigenvalue weighted by Gasteiger charge is -2.18. The van der Waals surface area contributed by atoms with E-state index in [9.17, 15) is 14.7 Å². The summed E-state index contributed by atoms with van der Waals surface area (Å²) < 4.78 is 20.8. The van der Waals surface area contributed by atoms with Gasteiger partial charge in [-0.1, -0.05) is 6.07 Å². The first-order chi connectivity index (χ1) is 13.1. The number of carbonyl (C=O) groups is 2. The zero-order valence-electron chi connectivity index (χ0n) is 14.6. The van der Waals surface area contributed by atoms with E-state index in [0.717, 1.165) is 0 Å². The molecular weight excluding hydrogens is 352 g/mol. The van der Waals surface area contributed by atoms with Crippen molar-refractivity contribution in [2.24, 2.45) is 0 Å². The van der Waals surface area contributed by atoms with Crippen molar-refractivity contribution in [2.45, 2.75) is 0 Å². The minimum atomic E-state index is -0.659. The molecule has 0 bridgehead atoms. The molecule has 0 atom stereocenters. The molecule has 0 spiro atoms. The molecule has 0 saturated carbocycles. The Hall–Kier alpha value is -3.48. The molecule has 1 N–H and O–H groups in total. The van der Waals surface area contributed by atoms with Crippen LogP contribution in [0.2, 0.25) is 0 Å². The summed E-state index contributed by atoms with van der Waals surface area (Å²) in [5.74, 6) is 0.371. The molecule has 27 heavy (non-hydrogen) atoms. The van der Waals surface area contributed by atoms with Crippen molar-refractivity contribution in [2.75, 3.05) is 26.9 Å². The van der Waals surface area contributed by atoms with Crippen LogP contribution in [0.25, 0.3) is 6.08 Å². The molecule has 2 aromatic rings. The van der Waals surface area contributed by atoms with E-state index in [2.05, 4.69) is 0 Å². The molecule has 0 aliphatic carbocycles. The number of esters is 1. The van der Waals surface area contributed by atoms with Crippen molar-refractivity contribution in [1.82, 2.24) is 0 Å². The zero-order valence-corrected chi connectivity index (χ0v) is 14.6. The molecule has 2 aromatic carbocycles. The van der Waals surface area contributed by atoms with Crippen LogP contribution >= 0.6 is 0 Å². The molecule has 7 nitrogen and oxygen atoms in total. The third kappa shape index (κ3) is 4.58. The predicted octanol–water partition coefficient (Wildman–Crippen LogP) is 2.61. The lowest BCUT2D eigenvalue weighted by atomic mass is 10.1. The first-order valence-corrected chi connectivity index (χ1v) is 8.21. The minimum Gasteiger partial charge on any atom is -0.504 e. The molecule has 0 saturated heterocycles. The molecule has 7 heteroatoms. The Morgan fingerprint density at radius 1 is 1.11 bits per heavy atom. The number of aromatic hydroxyl groups is 1. The average molecular weight is 370 g/mol. The van der Waals surface area contributed by atoms with Crippen LogP contribution in [0.3, 0.4) is 0 Å². The molecule has 1 heterocycles. The SMILES string of the molecule is COc1cc(/C=C/C(=O)OCC(=O)c2ccc3c(c2)OCCO3)ccc1O. The highest BCUT2D eigenvalue weighted by molar-refractivity contribution is 5.99. The molecule has 0 radical (unpaired) electrons. The van der Waals surface area contributed by atoms with Crippen LogP contribution < -0.4 is 14.2 Å². The molecular formula is C20H18O7. The van der Waals surface area contributed by atoms with Gasteiger partial charge >= 0.3 is 5.97 Å². The van der Waals surface area contributed by atoms with Crippen molar-refractivity contribution in [3.63, 3.8) is 0 Å². The monoisotopic (exact) mass is 370 g/mol. The summed E-state index contributed by atoms with van der Waals surface area (Å²) in [7, 11) is 1.43. The topological polar surface area (TPSA) is 91.3 Å². The lowest BCUT2D eigenvalue weighted by Crippen LogP contribution is -2.17. The van der Waals surface area contributed by atoms with E-state index >= 15 is 0 Å². The highest BCUT2D eigenvalue weighted by Gasteiger charge is 2.15. The fraction of sp³-hybridized carbons (Fsp3) is 0.200. The van der Waals surface area contributed by atoms with Gasteiger partial charge < -0.3 is 24.1 Å². The second-order valence-corrected chi connectivity index (χ2v) is 5.65. The Balaban J connectivity index is 1.56. The number of ketones is 1. The van der Waals surface area contributed by atoms with Crippen molar-refractivity contribution < 1.29 is 33.6 Å². The molecule has 1 aliphatic heterocycles.